The van der Waals surface area contributed by atoms with Crippen LogP contribution in [0.2, 0.25) is 0 Å². The van der Waals surface area contributed by atoms with E-state index in [4.69, 9.17) is 0 Å². The fourth-order valence-corrected chi connectivity index (χ4v) is 2.14. The number of hydrogen-bond donors (Lipinski definition) is 2. The minimum absolute atomic E-state index is 0.0954. The molecule has 0 fully saturated rings. The summed E-state index contributed by atoms with van der Waals surface area (Å²) in [5.41, 5.74) is 4.72. The van der Waals surface area contributed by atoms with Crippen molar-refractivity contribution in [3.05, 3.63) is 59.2 Å². The van der Waals surface area contributed by atoms with Gasteiger partial charge in [0.15, 0.2) is 0 Å². The lowest BCUT2D eigenvalue weighted by Crippen LogP contribution is -2.17. The number of nitrogens with one attached hydrogen (secondary N) is 2. The molecule has 2 aromatic rings. The number of rotatable bonds is 4. The van der Waals surface area contributed by atoms with Gasteiger partial charge in [-0.2, -0.15) is 0 Å². The summed E-state index contributed by atoms with van der Waals surface area (Å²) in [5.74, 6) is -0.0954. The summed E-state index contributed by atoms with van der Waals surface area (Å²) in [7, 11) is 0. The highest BCUT2D eigenvalue weighted by Crippen LogP contribution is 2.19. The SMILES string of the molecule is Cc1ccc(NC(=O)c2ccccc2NC(C)C)cc1C. The number of benzene rings is 2. The largest absolute Gasteiger partial charge is 0.382 e. The molecule has 2 N–H and O–H groups in total. The second-order valence-electron chi connectivity index (χ2n) is 5.60. The molecule has 0 aliphatic carbocycles. The summed E-state index contributed by atoms with van der Waals surface area (Å²) in [6.07, 6.45) is 0. The summed E-state index contributed by atoms with van der Waals surface area (Å²) in [4.78, 5) is 12.5. The van der Waals surface area contributed by atoms with E-state index >= 15 is 0 Å². The number of para-hydroxylation sites is 1. The Kier molecular flexibility index (Phi) is 4.63. The molecule has 0 aliphatic heterocycles. The van der Waals surface area contributed by atoms with Crippen LogP contribution in [0.15, 0.2) is 42.5 Å². The summed E-state index contributed by atoms with van der Waals surface area (Å²) in [6, 6.07) is 13.8. The topological polar surface area (TPSA) is 41.1 Å². The molecule has 1 amide bonds. The van der Waals surface area contributed by atoms with Gasteiger partial charge in [0.05, 0.1) is 5.56 Å². The van der Waals surface area contributed by atoms with E-state index < -0.39 is 0 Å². The minimum atomic E-state index is -0.0954. The predicted molar refractivity (Wildman–Crippen MR) is 89.1 cm³/mol. The molecule has 0 radical (unpaired) electrons. The molecule has 0 spiro atoms. The minimum Gasteiger partial charge on any atom is -0.382 e. The van der Waals surface area contributed by atoms with E-state index in [0.717, 1.165) is 11.4 Å². The second-order valence-corrected chi connectivity index (χ2v) is 5.60. The van der Waals surface area contributed by atoms with E-state index in [0.29, 0.717) is 5.56 Å². The van der Waals surface area contributed by atoms with E-state index in [2.05, 4.69) is 31.4 Å². The maximum atomic E-state index is 12.5. The van der Waals surface area contributed by atoms with Crippen LogP contribution in [0.5, 0.6) is 0 Å². The van der Waals surface area contributed by atoms with Gasteiger partial charge in [-0.1, -0.05) is 18.2 Å². The van der Waals surface area contributed by atoms with E-state index in [1.54, 1.807) is 0 Å². The highest BCUT2D eigenvalue weighted by atomic mass is 16.1. The molecule has 0 atom stereocenters. The van der Waals surface area contributed by atoms with Crippen LogP contribution in [0.25, 0.3) is 0 Å². The van der Waals surface area contributed by atoms with Crippen molar-refractivity contribution in [1.29, 1.82) is 0 Å². The molecule has 2 aromatic carbocycles. The van der Waals surface area contributed by atoms with Gasteiger partial charge in [0.25, 0.3) is 5.91 Å². The van der Waals surface area contributed by atoms with Gasteiger partial charge in [0.1, 0.15) is 0 Å². The van der Waals surface area contributed by atoms with Crippen molar-refractivity contribution in [3.63, 3.8) is 0 Å². The van der Waals surface area contributed by atoms with Crippen molar-refractivity contribution < 1.29 is 4.79 Å². The van der Waals surface area contributed by atoms with E-state index in [1.807, 2.05) is 49.4 Å². The quantitative estimate of drug-likeness (QED) is 0.874. The molecular formula is C18H22N2O. The molecule has 0 heterocycles. The lowest BCUT2D eigenvalue weighted by molar-refractivity contribution is 0.102. The first-order chi connectivity index (χ1) is 9.97. The van der Waals surface area contributed by atoms with Gasteiger partial charge >= 0.3 is 0 Å². The molecule has 110 valence electrons. The molecule has 3 nitrogen and oxygen atoms in total. The smallest absolute Gasteiger partial charge is 0.257 e. The summed E-state index contributed by atoms with van der Waals surface area (Å²) in [5, 5.41) is 6.26. The number of hydrogen-bond acceptors (Lipinski definition) is 2. The molecule has 0 bridgehead atoms. The average molecular weight is 282 g/mol. The van der Waals surface area contributed by atoms with Crippen molar-refractivity contribution in [3.8, 4) is 0 Å². The lowest BCUT2D eigenvalue weighted by Gasteiger charge is -2.15. The molecule has 0 unspecified atom stereocenters. The van der Waals surface area contributed by atoms with Gasteiger partial charge in [0.2, 0.25) is 0 Å². The normalized spacial score (nSPS) is 10.5. The Morgan fingerprint density at radius 3 is 2.38 bits per heavy atom. The molecule has 2 rings (SSSR count). The molecule has 3 heteroatoms. The predicted octanol–water partition coefficient (Wildman–Crippen LogP) is 4.38. The van der Waals surface area contributed by atoms with Crippen LogP contribution < -0.4 is 10.6 Å². The van der Waals surface area contributed by atoms with Crippen LogP contribution in [0.1, 0.15) is 35.3 Å². The highest BCUT2D eigenvalue weighted by molar-refractivity contribution is 6.08. The van der Waals surface area contributed by atoms with Crippen LogP contribution in [0.4, 0.5) is 11.4 Å². The van der Waals surface area contributed by atoms with E-state index in [9.17, 15) is 4.79 Å². The van der Waals surface area contributed by atoms with Crippen LogP contribution in [0.3, 0.4) is 0 Å². The van der Waals surface area contributed by atoms with Crippen molar-refractivity contribution in [2.24, 2.45) is 0 Å². The van der Waals surface area contributed by atoms with Crippen molar-refractivity contribution in [2.45, 2.75) is 33.7 Å². The zero-order valence-electron chi connectivity index (χ0n) is 13.0. The number of amides is 1. The van der Waals surface area contributed by atoms with Gasteiger partial charge in [0, 0.05) is 17.4 Å². The average Bonchev–Trinajstić information content (AvgIpc) is 2.43. The Hall–Kier alpha value is -2.29. The Morgan fingerprint density at radius 1 is 1.00 bits per heavy atom. The first kappa shape index (κ1) is 15.1. The monoisotopic (exact) mass is 282 g/mol. The van der Waals surface area contributed by atoms with Gasteiger partial charge in [-0.25, -0.2) is 0 Å². The van der Waals surface area contributed by atoms with Crippen molar-refractivity contribution in [2.75, 3.05) is 10.6 Å². The fourth-order valence-electron chi connectivity index (χ4n) is 2.14. The summed E-state index contributed by atoms with van der Waals surface area (Å²) < 4.78 is 0. The third kappa shape index (κ3) is 3.85. The Labute approximate surface area is 126 Å². The Morgan fingerprint density at radius 2 is 1.71 bits per heavy atom. The number of anilines is 2. The molecule has 0 aromatic heterocycles. The zero-order valence-corrected chi connectivity index (χ0v) is 13.0. The fraction of sp³-hybridized carbons (Fsp3) is 0.278. The molecule has 0 saturated carbocycles. The maximum Gasteiger partial charge on any atom is 0.257 e. The first-order valence-electron chi connectivity index (χ1n) is 7.21. The molecule has 21 heavy (non-hydrogen) atoms. The lowest BCUT2D eigenvalue weighted by atomic mass is 10.1. The summed E-state index contributed by atoms with van der Waals surface area (Å²) in [6.45, 7) is 8.21. The summed E-state index contributed by atoms with van der Waals surface area (Å²) >= 11 is 0. The van der Waals surface area contributed by atoms with E-state index in [-0.39, 0.29) is 11.9 Å². The number of carbonyl (C=O) groups excluding carboxylic acids is 1. The zero-order chi connectivity index (χ0) is 15.4. The number of carbonyl (C=O) groups is 1. The Bertz CT molecular complexity index is 647. The maximum absolute atomic E-state index is 12.5. The first-order valence-corrected chi connectivity index (χ1v) is 7.21. The van der Waals surface area contributed by atoms with Crippen LogP contribution in [0, 0.1) is 13.8 Å². The van der Waals surface area contributed by atoms with Crippen molar-refractivity contribution >= 4 is 17.3 Å². The third-order valence-corrected chi connectivity index (χ3v) is 3.38. The molecular weight excluding hydrogens is 260 g/mol. The highest BCUT2D eigenvalue weighted by Gasteiger charge is 2.12. The Balaban J connectivity index is 2.22. The van der Waals surface area contributed by atoms with Crippen molar-refractivity contribution in [1.82, 2.24) is 0 Å². The molecule has 0 aliphatic rings. The second kappa shape index (κ2) is 6.44. The van der Waals surface area contributed by atoms with Crippen LogP contribution in [-0.4, -0.2) is 11.9 Å². The van der Waals surface area contributed by atoms with Gasteiger partial charge in [-0.3, -0.25) is 4.79 Å². The molecule has 0 saturated heterocycles. The van der Waals surface area contributed by atoms with Crippen LogP contribution >= 0.6 is 0 Å². The van der Waals surface area contributed by atoms with Gasteiger partial charge in [-0.05, 0) is 63.1 Å². The number of aryl methyl sites for hydroxylation is 2. The van der Waals surface area contributed by atoms with Gasteiger partial charge in [-0.15, -0.1) is 0 Å². The van der Waals surface area contributed by atoms with Gasteiger partial charge < -0.3 is 10.6 Å². The standard InChI is InChI=1S/C18H22N2O/c1-12(2)19-17-8-6-5-7-16(17)18(21)20-15-10-9-13(3)14(4)11-15/h5-12,19H,1-4H3,(H,20,21). The van der Waals surface area contributed by atoms with Crippen LogP contribution in [-0.2, 0) is 0 Å². The van der Waals surface area contributed by atoms with E-state index in [1.165, 1.54) is 11.1 Å². The third-order valence-electron chi connectivity index (χ3n) is 3.38.